The van der Waals surface area contributed by atoms with E-state index in [4.69, 9.17) is 4.74 Å². The molecule has 23 heavy (non-hydrogen) atoms. The Morgan fingerprint density at radius 1 is 1.17 bits per heavy atom. The van der Waals surface area contributed by atoms with E-state index in [1.807, 2.05) is 45.0 Å². The molecule has 6 heteroatoms. The zero-order chi connectivity index (χ0) is 16.7. The molecule has 0 bridgehead atoms. The van der Waals surface area contributed by atoms with Crippen molar-refractivity contribution < 1.29 is 9.53 Å². The molecule has 6 nitrogen and oxygen atoms in total. The lowest BCUT2D eigenvalue weighted by Gasteiger charge is -2.10. The highest BCUT2D eigenvalue weighted by atomic mass is 16.5. The molecule has 0 aliphatic carbocycles. The lowest BCUT2D eigenvalue weighted by molar-refractivity contribution is 0.0953. The molecule has 0 aliphatic heterocycles. The maximum absolute atomic E-state index is 11.8. The first-order valence-corrected chi connectivity index (χ1v) is 7.72. The Morgan fingerprint density at radius 2 is 1.83 bits per heavy atom. The summed E-state index contributed by atoms with van der Waals surface area (Å²) in [5, 5.41) is 5.87. The molecule has 0 saturated heterocycles. The van der Waals surface area contributed by atoms with Gasteiger partial charge in [-0.25, -0.2) is 9.97 Å². The van der Waals surface area contributed by atoms with Crippen molar-refractivity contribution in [3.63, 3.8) is 0 Å². The quantitative estimate of drug-likeness (QED) is 0.821. The van der Waals surface area contributed by atoms with Crippen LogP contribution in [0.5, 0.6) is 5.75 Å². The Labute approximate surface area is 136 Å². The van der Waals surface area contributed by atoms with Gasteiger partial charge in [-0.05, 0) is 44.5 Å². The van der Waals surface area contributed by atoms with E-state index in [2.05, 4.69) is 20.6 Å². The van der Waals surface area contributed by atoms with Gasteiger partial charge < -0.3 is 15.4 Å². The van der Waals surface area contributed by atoms with Gasteiger partial charge in [0.2, 0.25) is 5.95 Å². The lowest BCUT2D eigenvalue weighted by atomic mass is 10.3. The molecule has 0 fully saturated rings. The topological polar surface area (TPSA) is 76.1 Å². The van der Waals surface area contributed by atoms with E-state index in [1.54, 1.807) is 0 Å². The third kappa shape index (κ3) is 5.25. The van der Waals surface area contributed by atoms with Crippen LogP contribution in [-0.4, -0.2) is 28.5 Å². The Bertz CT molecular complexity index is 624. The lowest BCUT2D eigenvalue weighted by Crippen LogP contribution is -2.24. The number of anilines is 2. The van der Waals surface area contributed by atoms with Crippen molar-refractivity contribution >= 4 is 17.5 Å². The van der Waals surface area contributed by atoms with Crippen LogP contribution in [0.2, 0.25) is 0 Å². The van der Waals surface area contributed by atoms with Crippen LogP contribution in [0.4, 0.5) is 11.6 Å². The molecule has 1 aromatic carbocycles. The summed E-state index contributed by atoms with van der Waals surface area (Å²) in [5.41, 5.74) is 1.30. The predicted octanol–water partition coefficient (Wildman–Crippen LogP) is 3.15. The van der Waals surface area contributed by atoms with Crippen molar-refractivity contribution in [2.24, 2.45) is 0 Å². The zero-order valence-electron chi connectivity index (χ0n) is 13.7. The maximum atomic E-state index is 11.8. The van der Waals surface area contributed by atoms with Gasteiger partial charge in [0.25, 0.3) is 5.91 Å². The second kappa shape index (κ2) is 8.12. The van der Waals surface area contributed by atoms with Crippen LogP contribution < -0.4 is 15.4 Å². The second-order valence-corrected chi connectivity index (χ2v) is 5.37. The van der Waals surface area contributed by atoms with Crippen LogP contribution in [-0.2, 0) is 0 Å². The van der Waals surface area contributed by atoms with Crippen LogP contribution in [0.15, 0.2) is 36.7 Å². The van der Waals surface area contributed by atoms with Crippen molar-refractivity contribution in [2.75, 3.05) is 11.9 Å². The average molecular weight is 314 g/mol. The third-order valence-corrected chi connectivity index (χ3v) is 2.93. The fourth-order valence-electron chi connectivity index (χ4n) is 1.87. The van der Waals surface area contributed by atoms with Gasteiger partial charge in [0.15, 0.2) is 0 Å². The summed E-state index contributed by atoms with van der Waals surface area (Å²) >= 11 is 0. The summed E-state index contributed by atoms with van der Waals surface area (Å²) in [6, 6.07) is 7.55. The molecular formula is C17H22N4O2. The predicted molar refractivity (Wildman–Crippen MR) is 90.1 cm³/mol. The minimum atomic E-state index is -0.159. The third-order valence-electron chi connectivity index (χ3n) is 2.93. The highest BCUT2D eigenvalue weighted by Gasteiger charge is 2.06. The van der Waals surface area contributed by atoms with Gasteiger partial charge in [-0.2, -0.15) is 0 Å². The number of ether oxygens (including phenoxy) is 1. The van der Waals surface area contributed by atoms with Crippen molar-refractivity contribution in [1.82, 2.24) is 15.3 Å². The van der Waals surface area contributed by atoms with Crippen molar-refractivity contribution in [2.45, 2.75) is 33.3 Å². The normalized spacial score (nSPS) is 10.4. The number of amides is 1. The van der Waals surface area contributed by atoms with Gasteiger partial charge >= 0.3 is 0 Å². The molecule has 2 aromatic rings. The van der Waals surface area contributed by atoms with Gasteiger partial charge in [0.1, 0.15) is 5.75 Å². The number of nitrogens with zero attached hydrogens (tertiary/aromatic N) is 2. The molecule has 1 aromatic heterocycles. The molecule has 2 N–H and O–H groups in total. The molecular weight excluding hydrogens is 292 g/mol. The minimum absolute atomic E-state index is 0.142. The number of rotatable bonds is 7. The van der Waals surface area contributed by atoms with E-state index in [-0.39, 0.29) is 12.0 Å². The van der Waals surface area contributed by atoms with E-state index in [9.17, 15) is 4.79 Å². The van der Waals surface area contributed by atoms with Gasteiger partial charge in [0.05, 0.1) is 11.7 Å². The van der Waals surface area contributed by atoms with Crippen molar-refractivity contribution in [3.05, 3.63) is 42.2 Å². The molecule has 0 atom stereocenters. The number of hydrogen-bond donors (Lipinski definition) is 2. The van der Waals surface area contributed by atoms with Gasteiger partial charge in [0, 0.05) is 24.6 Å². The molecule has 0 saturated carbocycles. The van der Waals surface area contributed by atoms with E-state index >= 15 is 0 Å². The van der Waals surface area contributed by atoms with E-state index in [1.165, 1.54) is 12.4 Å². The molecule has 0 spiro atoms. The summed E-state index contributed by atoms with van der Waals surface area (Å²) in [5.74, 6) is 1.09. The van der Waals surface area contributed by atoms with Crippen LogP contribution >= 0.6 is 0 Å². The van der Waals surface area contributed by atoms with Crippen LogP contribution in [0.1, 0.15) is 37.6 Å². The van der Waals surface area contributed by atoms with Crippen LogP contribution in [0, 0.1) is 0 Å². The number of benzene rings is 1. The smallest absolute Gasteiger partial charge is 0.254 e. The maximum Gasteiger partial charge on any atom is 0.254 e. The standard InChI is InChI=1S/C17H22N4O2/c1-4-9-18-16(22)13-10-19-17(20-11-13)21-14-5-7-15(8-6-14)23-12(2)3/h5-8,10-12H,4,9H2,1-3H3,(H,18,22)(H,19,20,21). The Kier molecular flexibility index (Phi) is 5.91. The van der Waals surface area contributed by atoms with E-state index in [0.717, 1.165) is 17.9 Å². The van der Waals surface area contributed by atoms with Crippen molar-refractivity contribution in [3.8, 4) is 5.75 Å². The second-order valence-electron chi connectivity index (χ2n) is 5.37. The fourth-order valence-corrected chi connectivity index (χ4v) is 1.87. The van der Waals surface area contributed by atoms with Crippen LogP contribution in [0.25, 0.3) is 0 Å². The molecule has 0 unspecified atom stereocenters. The average Bonchev–Trinajstić information content (AvgIpc) is 2.54. The van der Waals surface area contributed by atoms with Gasteiger partial charge in [-0.3, -0.25) is 4.79 Å². The summed E-state index contributed by atoms with van der Waals surface area (Å²) in [7, 11) is 0. The summed E-state index contributed by atoms with van der Waals surface area (Å²) in [6.45, 7) is 6.61. The number of aromatic nitrogens is 2. The molecule has 0 radical (unpaired) electrons. The SMILES string of the molecule is CCCNC(=O)c1cnc(Nc2ccc(OC(C)C)cc2)nc1. The number of carbonyl (C=O) groups is 1. The first-order chi connectivity index (χ1) is 11.1. The Balaban J connectivity index is 1.96. The Hall–Kier alpha value is -2.63. The number of carbonyl (C=O) groups excluding carboxylic acids is 1. The highest BCUT2D eigenvalue weighted by molar-refractivity contribution is 5.93. The molecule has 1 heterocycles. The van der Waals surface area contributed by atoms with Gasteiger partial charge in [-0.15, -0.1) is 0 Å². The number of nitrogens with one attached hydrogen (secondary N) is 2. The first kappa shape index (κ1) is 16.7. The monoisotopic (exact) mass is 314 g/mol. The van der Waals surface area contributed by atoms with E-state index in [0.29, 0.717) is 18.1 Å². The molecule has 0 aliphatic rings. The first-order valence-electron chi connectivity index (χ1n) is 7.72. The van der Waals surface area contributed by atoms with Crippen molar-refractivity contribution in [1.29, 1.82) is 0 Å². The fraction of sp³-hybridized carbons (Fsp3) is 0.353. The number of hydrogen-bond acceptors (Lipinski definition) is 5. The largest absolute Gasteiger partial charge is 0.491 e. The van der Waals surface area contributed by atoms with E-state index < -0.39 is 0 Å². The summed E-state index contributed by atoms with van der Waals surface area (Å²) < 4.78 is 5.59. The van der Waals surface area contributed by atoms with Crippen LogP contribution in [0.3, 0.4) is 0 Å². The minimum Gasteiger partial charge on any atom is -0.491 e. The molecule has 122 valence electrons. The van der Waals surface area contributed by atoms with Gasteiger partial charge in [-0.1, -0.05) is 6.92 Å². The zero-order valence-corrected chi connectivity index (χ0v) is 13.7. The highest BCUT2D eigenvalue weighted by Crippen LogP contribution is 2.19. The molecule has 2 rings (SSSR count). The Morgan fingerprint density at radius 3 is 2.39 bits per heavy atom. The summed E-state index contributed by atoms with van der Waals surface area (Å²) in [4.78, 5) is 20.1. The summed E-state index contributed by atoms with van der Waals surface area (Å²) in [6.07, 6.45) is 4.05. The molecule has 1 amide bonds.